The lowest BCUT2D eigenvalue weighted by atomic mass is 9.83. The lowest BCUT2D eigenvalue weighted by molar-refractivity contribution is 0.286. The second kappa shape index (κ2) is 4.06. The van der Waals surface area contributed by atoms with E-state index in [1.807, 2.05) is 0 Å². The Balaban J connectivity index is 2.02. The zero-order chi connectivity index (χ0) is 10.1. The molecule has 0 aromatic carbocycles. The summed E-state index contributed by atoms with van der Waals surface area (Å²) in [6.45, 7) is 4.41. The Hall–Kier alpha value is -0.300. The zero-order valence-corrected chi connectivity index (χ0v) is 9.72. The van der Waals surface area contributed by atoms with Gasteiger partial charge < -0.3 is 5.32 Å². The van der Waals surface area contributed by atoms with Gasteiger partial charge in [-0.2, -0.15) is 0 Å². The predicted molar refractivity (Wildman–Crippen MR) is 61.2 cm³/mol. The summed E-state index contributed by atoms with van der Waals surface area (Å²) in [5.74, 6) is 3.01. The van der Waals surface area contributed by atoms with Gasteiger partial charge in [-0.05, 0) is 57.9 Å². The third-order valence-electron chi connectivity index (χ3n) is 4.10. The molecule has 1 heteroatoms. The third-order valence-corrected chi connectivity index (χ3v) is 4.10. The lowest BCUT2D eigenvalue weighted by Gasteiger charge is -2.28. The standard InChI is InChI=1S/C13H23N/c1-9(2)6-13(14-3)12-8-10-4-5-11(12)7-10/h6,10-14H,4-5,7-8H2,1-3H3. The minimum absolute atomic E-state index is 0.635. The van der Waals surface area contributed by atoms with Gasteiger partial charge in [-0.15, -0.1) is 0 Å². The van der Waals surface area contributed by atoms with Crippen LogP contribution in [-0.4, -0.2) is 13.1 Å². The van der Waals surface area contributed by atoms with Crippen LogP contribution in [0.25, 0.3) is 0 Å². The van der Waals surface area contributed by atoms with Gasteiger partial charge in [0.15, 0.2) is 0 Å². The van der Waals surface area contributed by atoms with E-state index in [1.54, 1.807) is 0 Å². The van der Waals surface area contributed by atoms with E-state index in [-0.39, 0.29) is 0 Å². The highest BCUT2D eigenvalue weighted by Gasteiger charge is 2.41. The predicted octanol–water partition coefficient (Wildman–Crippen LogP) is 2.98. The van der Waals surface area contributed by atoms with Crippen molar-refractivity contribution in [3.63, 3.8) is 0 Å². The minimum atomic E-state index is 0.635. The monoisotopic (exact) mass is 193 g/mol. The smallest absolute Gasteiger partial charge is 0.0280 e. The molecule has 2 fully saturated rings. The summed E-state index contributed by atoms with van der Waals surface area (Å²) in [5.41, 5.74) is 1.45. The van der Waals surface area contributed by atoms with E-state index in [2.05, 4.69) is 32.3 Å². The first-order valence-electron chi connectivity index (χ1n) is 6.03. The third kappa shape index (κ3) is 1.88. The van der Waals surface area contributed by atoms with E-state index in [4.69, 9.17) is 0 Å². The summed E-state index contributed by atoms with van der Waals surface area (Å²) < 4.78 is 0. The first-order valence-corrected chi connectivity index (χ1v) is 6.03. The Labute approximate surface area is 88.0 Å². The number of allylic oxidation sites excluding steroid dienone is 1. The van der Waals surface area contributed by atoms with Crippen molar-refractivity contribution in [3.8, 4) is 0 Å². The molecule has 4 unspecified atom stereocenters. The molecular formula is C13H23N. The van der Waals surface area contributed by atoms with Gasteiger partial charge in [0.2, 0.25) is 0 Å². The average Bonchev–Trinajstić information content (AvgIpc) is 2.74. The van der Waals surface area contributed by atoms with Gasteiger partial charge in [-0.25, -0.2) is 0 Å². The highest BCUT2D eigenvalue weighted by Crippen LogP contribution is 2.49. The molecule has 80 valence electrons. The van der Waals surface area contributed by atoms with Gasteiger partial charge in [-0.1, -0.05) is 18.1 Å². The van der Waals surface area contributed by atoms with Crippen LogP contribution in [0, 0.1) is 17.8 Å². The SMILES string of the molecule is CNC(C=C(C)C)C1CC2CCC1C2. The molecule has 0 aromatic heterocycles. The van der Waals surface area contributed by atoms with Crippen molar-refractivity contribution in [1.29, 1.82) is 0 Å². The quantitative estimate of drug-likeness (QED) is 0.679. The van der Waals surface area contributed by atoms with Crippen molar-refractivity contribution in [2.45, 2.75) is 45.6 Å². The maximum atomic E-state index is 3.48. The van der Waals surface area contributed by atoms with Crippen LogP contribution in [0.2, 0.25) is 0 Å². The van der Waals surface area contributed by atoms with E-state index in [9.17, 15) is 0 Å². The fourth-order valence-corrected chi connectivity index (χ4v) is 3.51. The number of likely N-dealkylation sites (N-methyl/N-ethyl adjacent to an activating group) is 1. The van der Waals surface area contributed by atoms with E-state index in [0.717, 1.165) is 17.8 Å². The molecule has 2 rings (SSSR count). The Morgan fingerprint density at radius 1 is 1.29 bits per heavy atom. The van der Waals surface area contributed by atoms with Crippen molar-refractivity contribution in [2.24, 2.45) is 17.8 Å². The van der Waals surface area contributed by atoms with Crippen LogP contribution in [0.1, 0.15) is 39.5 Å². The highest BCUT2D eigenvalue weighted by atomic mass is 14.9. The Kier molecular flexibility index (Phi) is 2.96. The molecule has 2 aliphatic carbocycles. The summed E-state index contributed by atoms with van der Waals surface area (Å²) in [6, 6.07) is 0.635. The van der Waals surface area contributed by atoms with Crippen molar-refractivity contribution in [1.82, 2.24) is 5.32 Å². The number of nitrogens with one attached hydrogen (secondary N) is 1. The minimum Gasteiger partial charge on any atom is -0.313 e. The molecule has 2 aliphatic rings. The Morgan fingerprint density at radius 2 is 2.07 bits per heavy atom. The van der Waals surface area contributed by atoms with Crippen molar-refractivity contribution in [2.75, 3.05) is 7.05 Å². The Morgan fingerprint density at radius 3 is 2.50 bits per heavy atom. The second-order valence-corrected chi connectivity index (χ2v) is 5.40. The maximum absolute atomic E-state index is 3.48. The van der Waals surface area contributed by atoms with E-state index in [0.29, 0.717) is 6.04 Å². The molecular weight excluding hydrogens is 170 g/mol. The topological polar surface area (TPSA) is 12.0 Å². The normalized spacial score (nSPS) is 37.2. The molecule has 0 radical (unpaired) electrons. The second-order valence-electron chi connectivity index (χ2n) is 5.40. The molecule has 0 heterocycles. The average molecular weight is 193 g/mol. The van der Waals surface area contributed by atoms with Gasteiger partial charge in [0, 0.05) is 6.04 Å². The molecule has 4 atom stereocenters. The summed E-state index contributed by atoms with van der Waals surface area (Å²) in [6.07, 6.45) is 8.40. The van der Waals surface area contributed by atoms with Crippen LogP contribution in [0.15, 0.2) is 11.6 Å². The van der Waals surface area contributed by atoms with Crippen molar-refractivity contribution >= 4 is 0 Å². The lowest BCUT2D eigenvalue weighted by Crippen LogP contribution is -2.35. The van der Waals surface area contributed by atoms with Crippen LogP contribution in [0.4, 0.5) is 0 Å². The summed E-state index contributed by atoms with van der Waals surface area (Å²) in [7, 11) is 2.11. The fourth-order valence-electron chi connectivity index (χ4n) is 3.51. The molecule has 2 saturated carbocycles. The van der Waals surface area contributed by atoms with Gasteiger partial charge in [0.1, 0.15) is 0 Å². The van der Waals surface area contributed by atoms with E-state index in [1.165, 1.54) is 31.3 Å². The largest absolute Gasteiger partial charge is 0.313 e. The van der Waals surface area contributed by atoms with E-state index < -0.39 is 0 Å². The van der Waals surface area contributed by atoms with Crippen LogP contribution < -0.4 is 5.32 Å². The van der Waals surface area contributed by atoms with Crippen molar-refractivity contribution < 1.29 is 0 Å². The molecule has 1 N–H and O–H groups in total. The van der Waals surface area contributed by atoms with Gasteiger partial charge in [-0.3, -0.25) is 0 Å². The zero-order valence-electron chi connectivity index (χ0n) is 9.72. The highest BCUT2D eigenvalue weighted by molar-refractivity contribution is 5.07. The van der Waals surface area contributed by atoms with Crippen LogP contribution in [0.5, 0.6) is 0 Å². The first kappa shape index (κ1) is 10.2. The molecule has 1 nitrogen and oxygen atoms in total. The van der Waals surface area contributed by atoms with Gasteiger partial charge >= 0.3 is 0 Å². The van der Waals surface area contributed by atoms with Gasteiger partial charge in [0.25, 0.3) is 0 Å². The van der Waals surface area contributed by atoms with Crippen LogP contribution in [-0.2, 0) is 0 Å². The molecule has 0 amide bonds. The number of rotatable bonds is 3. The first-order chi connectivity index (χ1) is 6.70. The van der Waals surface area contributed by atoms with Gasteiger partial charge in [0.05, 0.1) is 0 Å². The van der Waals surface area contributed by atoms with Crippen molar-refractivity contribution in [3.05, 3.63) is 11.6 Å². The summed E-state index contributed by atoms with van der Waals surface area (Å²) in [5, 5.41) is 3.48. The summed E-state index contributed by atoms with van der Waals surface area (Å²) in [4.78, 5) is 0. The number of hydrogen-bond donors (Lipinski definition) is 1. The van der Waals surface area contributed by atoms with E-state index >= 15 is 0 Å². The summed E-state index contributed by atoms with van der Waals surface area (Å²) >= 11 is 0. The molecule has 2 bridgehead atoms. The molecule has 0 aliphatic heterocycles. The molecule has 0 aromatic rings. The molecule has 0 spiro atoms. The number of hydrogen-bond acceptors (Lipinski definition) is 1. The van der Waals surface area contributed by atoms with Crippen LogP contribution in [0.3, 0.4) is 0 Å². The number of fused-ring (bicyclic) bond motifs is 2. The Bertz CT molecular complexity index is 227. The molecule has 14 heavy (non-hydrogen) atoms. The fraction of sp³-hybridized carbons (Fsp3) is 0.846. The van der Waals surface area contributed by atoms with Crippen LogP contribution >= 0.6 is 0 Å². The molecule has 0 saturated heterocycles. The maximum Gasteiger partial charge on any atom is 0.0280 e.